The van der Waals surface area contributed by atoms with Gasteiger partial charge < -0.3 is 10.6 Å². The monoisotopic (exact) mass is 379 g/mol. The van der Waals surface area contributed by atoms with Crippen LogP contribution in [0.5, 0.6) is 0 Å². The number of amides is 2. The molecule has 0 heterocycles. The number of nitrogens with one attached hydrogen (secondary N) is 2. The van der Waals surface area contributed by atoms with Gasteiger partial charge in [-0.15, -0.1) is 0 Å². The molecule has 0 spiro atoms. The highest BCUT2D eigenvalue weighted by Gasteiger charge is 2.10. The van der Waals surface area contributed by atoms with Gasteiger partial charge in [0.2, 0.25) is 21.8 Å². The van der Waals surface area contributed by atoms with E-state index in [1.807, 2.05) is 0 Å². The first kappa shape index (κ1) is 19.5. The molecular weight excluding hydrogens is 361 g/mol. The first-order valence-corrected chi connectivity index (χ1v) is 9.22. The van der Waals surface area contributed by atoms with Crippen LogP contribution in [-0.4, -0.2) is 26.8 Å². The van der Waals surface area contributed by atoms with Gasteiger partial charge >= 0.3 is 0 Å². The van der Waals surface area contributed by atoms with E-state index in [2.05, 4.69) is 10.6 Å². The normalized spacial score (nSPS) is 11.0. The molecule has 0 unspecified atom stereocenters. The molecule has 7 nitrogen and oxygen atoms in total. The van der Waals surface area contributed by atoms with Crippen LogP contribution in [0, 0.1) is 5.82 Å². The SMILES string of the molecule is NS(=O)(=O)c1ccc(CCNC(=O)CC(=O)Nc2cccc(F)c2)cc1. The van der Waals surface area contributed by atoms with Crippen molar-refractivity contribution in [2.75, 3.05) is 11.9 Å². The average molecular weight is 379 g/mol. The Labute approximate surface area is 150 Å². The maximum absolute atomic E-state index is 13.0. The van der Waals surface area contributed by atoms with Crippen LogP contribution >= 0.6 is 0 Å². The number of rotatable bonds is 7. The zero-order valence-corrected chi connectivity index (χ0v) is 14.6. The molecule has 0 atom stereocenters. The predicted octanol–water partition coefficient (Wildman–Crippen LogP) is 1.16. The lowest BCUT2D eigenvalue weighted by Crippen LogP contribution is -2.29. The van der Waals surface area contributed by atoms with Crippen molar-refractivity contribution in [2.45, 2.75) is 17.7 Å². The summed E-state index contributed by atoms with van der Waals surface area (Å²) in [5.74, 6) is -1.51. The first-order valence-electron chi connectivity index (χ1n) is 7.68. The summed E-state index contributed by atoms with van der Waals surface area (Å²) < 4.78 is 35.4. The third kappa shape index (κ3) is 6.26. The van der Waals surface area contributed by atoms with Gasteiger partial charge in [-0.3, -0.25) is 9.59 Å². The molecule has 0 aromatic heterocycles. The van der Waals surface area contributed by atoms with E-state index in [0.717, 1.165) is 11.6 Å². The lowest BCUT2D eigenvalue weighted by molar-refractivity contribution is -0.126. The van der Waals surface area contributed by atoms with Crippen molar-refractivity contribution in [3.8, 4) is 0 Å². The molecule has 0 saturated carbocycles. The summed E-state index contributed by atoms with van der Waals surface area (Å²) in [6, 6.07) is 11.3. The fourth-order valence-corrected chi connectivity index (χ4v) is 2.69. The molecule has 4 N–H and O–H groups in total. The molecule has 0 aliphatic rings. The molecule has 0 radical (unpaired) electrons. The number of halogens is 1. The summed E-state index contributed by atoms with van der Waals surface area (Å²) in [5, 5.41) is 10.0. The Morgan fingerprint density at radius 2 is 1.73 bits per heavy atom. The predicted molar refractivity (Wildman–Crippen MR) is 94.2 cm³/mol. The molecule has 9 heteroatoms. The quantitative estimate of drug-likeness (QED) is 0.626. The first-order chi connectivity index (χ1) is 12.2. The standard InChI is InChI=1S/C17H18FN3O4S/c18-13-2-1-3-14(10-13)21-17(23)11-16(22)20-9-8-12-4-6-15(7-5-12)26(19,24)25/h1-7,10H,8-9,11H2,(H,20,22)(H,21,23)(H2,19,24,25). The van der Waals surface area contributed by atoms with E-state index < -0.39 is 27.7 Å². The minimum absolute atomic E-state index is 0.0132. The summed E-state index contributed by atoms with van der Waals surface area (Å²) in [7, 11) is -3.73. The summed E-state index contributed by atoms with van der Waals surface area (Å²) in [6.45, 7) is 0.279. The molecule has 0 aliphatic carbocycles. The van der Waals surface area contributed by atoms with Crippen molar-refractivity contribution in [1.29, 1.82) is 0 Å². The zero-order chi connectivity index (χ0) is 19.2. The minimum Gasteiger partial charge on any atom is -0.355 e. The van der Waals surface area contributed by atoms with Gasteiger partial charge in [-0.25, -0.2) is 17.9 Å². The molecule has 0 saturated heterocycles. The van der Waals surface area contributed by atoms with Crippen molar-refractivity contribution >= 4 is 27.5 Å². The number of nitrogens with two attached hydrogens (primary N) is 1. The lowest BCUT2D eigenvalue weighted by Gasteiger charge is -2.07. The number of carbonyl (C=O) groups excluding carboxylic acids is 2. The van der Waals surface area contributed by atoms with Crippen LogP contribution in [-0.2, 0) is 26.0 Å². The van der Waals surface area contributed by atoms with Crippen LogP contribution in [0.2, 0.25) is 0 Å². The Morgan fingerprint density at radius 1 is 1.04 bits per heavy atom. The topological polar surface area (TPSA) is 118 Å². The van der Waals surface area contributed by atoms with E-state index in [-0.39, 0.29) is 23.5 Å². The average Bonchev–Trinajstić information content (AvgIpc) is 2.54. The fourth-order valence-electron chi connectivity index (χ4n) is 2.17. The molecule has 2 amide bonds. The number of primary sulfonamides is 1. The van der Waals surface area contributed by atoms with Gasteiger partial charge in [0.1, 0.15) is 12.2 Å². The Bertz CT molecular complexity index is 898. The van der Waals surface area contributed by atoms with Gasteiger partial charge in [0, 0.05) is 12.2 Å². The number of hydrogen-bond donors (Lipinski definition) is 3. The number of sulfonamides is 1. The second kappa shape index (κ2) is 8.54. The molecule has 138 valence electrons. The Morgan fingerprint density at radius 3 is 2.35 bits per heavy atom. The van der Waals surface area contributed by atoms with E-state index in [4.69, 9.17) is 5.14 Å². The van der Waals surface area contributed by atoms with Gasteiger partial charge in [0.25, 0.3) is 0 Å². The smallest absolute Gasteiger partial charge is 0.238 e. The molecule has 0 bridgehead atoms. The highest BCUT2D eigenvalue weighted by atomic mass is 32.2. The van der Waals surface area contributed by atoms with Gasteiger partial charge in [0.05, 0.1) is 4.90 Å². The van der Waals surface area contributed by atoms with Gasteiger partial charge in [0.15, 0.2) is 0 Å². The van der Waals surface area contributed by atoms with E-state index in [1.54, 1.807) is 12.1 Å². The Balaban J connectivity index is 1.75. The minimum atomic E-state index is -3.73. The second-order valence-corrected chi connectivity index (χ2v) is 7.09. The summed E-state index contributed by atoms with van der Waals surface area (Å²) in [4.78, 5) is 23.5. The Hall–Kier alpha value is -2.78. The molecule has 0 aliphatic heterocycles. The molecular formula is C17H18FN3O4S. The highest BCUT2D eigenvalue weighted by molar-refractivity contribution is 7.89. The molecule has 2 aromatic carbocycles. The zero-order valence-electron chi connectivity index (χ0n) is 13.7. The van der Waals surface area contributed by atoms with Crippen LogP contribution < -0.4 is 15.8 Å². The van der Waals surface area contributed by atoms with Crippen molar-refractivity contribution < 1.29 is 22.4 Å². The maximum atomic E-state index is 13.0. The van der Waals surface area contributed by atoms with Crippen LogP contribution in [0.1, 0.15) is 12.0 Å². The van der Waals surface area contributed by atoms with Gasteiger partial charge in [-0.1, -0.05) is 18.2 Å². The molecule has 2 aromatic rings. The number of benzene rings is 2. The molecule has 2 rings (SSSR count). The van der Waals surface area contributed by atoms with Gasteiger partial charge in [-0.2, -0.15) is 0 Å². The van der Waals surface area contributed by atoms with Crippen LogP contribution in [0.4, 0.5) is 10.1 Å². The van der Waals surface area contributed by atoms with E-state index in [1.165, 1.54) is 30.3 Å². The lowest BCUT2D eigenvalue weighted by atomic mass is 10.1. The highest BCUT2D eigenvalue weighted by Crippen LogP contribution is 2.10. The summed E-state index contributed by atoms with van der Waals surface area (Å²) in [6.07, 6.45) is 0.0724. The maximum Gasteiger partial charge on any atom is 0.238 e. The van der Waals surface area contributed by atoms with Gasteiger partial charge in [-0.05, 0) is 42.3 Å². The van der Waals surface area contributed by atoms with E-state index >= 15 is 0 Å². The van der Waals surface area contributed by atoms with Crippen LogP contribution in [0.25, 0.3) is 0 Å². The summed E-state index contributed by atoms with van der Waals surface area (Å²) >= 11 is 0. The number of hydrogen-bond acceptors (Lipinski definition) is 4. The summed E-state index contributed by atoms with van der Waals surface area (Å²) in [5.41, 5.74) is 1.08. The number of anilines is 1. The second-order valence-electron chi connectivity index (χ2n) is 5.52. The van der Waals surface area contributed by atoms with Crippen molar-refractivity contribution in [3.05, 3.63) is 59.9 Å². The Kier molecular flexibility index (Phi) is 6.42. The third-order valence-electron chi connectivity index (χ3n) is 3.42. The van der Waals surface area contributed by atoms with Crippen LogP contribution in [0.15, 0.2) is 53.4 Å². The number of carbonyl (C=O) groups is 2. The van der Waals surface area contributed by atoms with E-state index in [0.29, 0.717) is 6.42 Å². The van der Waals surface area contributed by atoms with E-state index in [9.17, 15) is 22.4 Å². The fraction of sp³-hybridized carbons (Fsp3) is 0.176. The third-order valence-corrected chi connectivity index (χ3v) is 4.35. The molecule has 26 heavy (non-hydrogen) atoms. The largest absolute Gasteiger partial charge is 0.355 e. The van der Waals surface area contributed by atoms with Crippen molar-refractivity contribution in [1.82, 2.24) is 5.32 Å². The molecule has 0 fully saturated rings. The van der Waals surface area contributed by atoms with Crippen molar-refractivity contribution in [2.24, 2.45) is 5.14 Å². The van der Waals surface area contributed by atoms with Crippen molar-refractivity contribution in [3.63, 3.8) is 0 Å². The van der Waals surface area contributed by atoms with Crippen LogP contribution in [0.3, 0.4) is 0 Å².